The van der Waals surface area contributed by atoms with E-state index in [9.17, 15) is 4.79 Å². The molecule has 1 aromatic heterocycles. The molecule has 110 valence electrons. The number of thioether (sulfide) groups is 1. The van der Waals surface area contributed by atoms with Crippen LogP contribution in [0.15, 0.2) is 22.7 Å². The lowest BCUT2D eigenvalue weighted by atomic mass is 10.0. The number of rotatable bonds is 2. The van der Waals surface area contributed by atoms with Gasteiger partial charge in [0.2, 0.25) is 5.91 Å². The van der Waals surface area contributed by atoms with E-state index in [0.29, 0.717) is 11.6 Å². The molecule has 1 aromatic carbocycles. The Hall–Kier alpha value is -1.47. The number of aromatic amines is 1. The van der Waals surface area contributed by atoms with Crippen LogP contribution in [0, 0.1) is 6.92 Å². The third-order valence-corrected chi connectivity index (χ3v) is 5.11. The number of anilines is 1. The van der Waals surface area contributed by atoms with Crippen LogP contribution in [0.5, 0.6) is 5.75 Å². The van der Waals surface area contributed by atoms with E-state index in [0.717, 1.165) is 27.0 Å². The van der Waals surface area contributed by atoms with Gasteiger partial charge in [-0.15, -0.1) is 11.8 Å². The predicted molar refractivity (Wildman–Crippen MR) is 86.9 cm³/mol. The molecule has 0 saturated carbocycles. The average Bonchev–Trinajstić information content (AvgIpc) is 2.72. The Labute approximate surface area is 135 Å². The summed E-state index contributed by atoms with van der Waals surface area (Å²) >= 11 is 5.07. The quantitative estimate of drug-likeness (QED) is 0.854. The molecule has 0 spiro atoms. The number of hydrogen-bond acceptors (Lipinski definition) is 4. The van der Waals surface area contributed by atoms with Gasteiger partial charge in [0.25, 0.3) is 0 Å². The summed E-state index contributed by atoms with van der Waals surface area (Å²) < 4.78 is 6.46. The first-order chi connectivity index (χ1) is 10.1. The minimum atomic E-state index is -0.0378. The van der Waals surface area contributed by atoms with Crippen molar-refractivity contribution in [3.63, 3.8) is 0 Å². The number of nitrogens with one attached hydrogen (secondary N) is 2. The van der Waals surface area contributed by atoms with Gasteiger partial charge in [0.1, 0.15) is 5.75 Å². The van der Waals surface area contributed by atoms with Crippen LogP contribution >= 0.6 is 27.7 Å². The van der Waals surface area contributed by atoms with E-state index in [-0.39, 0.29) is 11.2 Å². The number of hydrogen-bond donors (Lipinski definition) is 2. The largest absolute Gasteiger partial charge is 0.496 e. The lowest BCUT2D eigenvalue weighted by molar-refractivity contribution is -0.113. The maximum atomic E-state index is 11.8. The van der Waals surface area contributed by atoms with Crippen LogP contribution in [-0.4, -0.2) is 29.0 Å². The van der Waals surface area contributed by atoms with E-state index in [2.05, 4.69) is 31.4 Å². The van der Waals surface area contributed by atoms with Gasteiger partial charge in [-0.1, -0.05) is 15.9 Å². The van der Waals surface area contributed by atoms with E-state index in [1.54, 1.807) is 18.9 Å². The van der Waals surface area contributed by atoms with Gasteiger partial charge in [-0.3, -0.25) is 9.89 Å². The van der Waals surface area contributed by atoms with E-state index in [1.807, 2.05) is 25.1 Å². The van der Waals surface area contributed by atoms with Crippen LogP contribution in [0.25, 0.3) is 0 Å². The van der Waals surface area contributed by atoms with Crippen LogP contribution < -0.4 is 10.1 Å². The number of H-pyrrole nitrogens is 1. The van der Waals surface area contributed by atoms with Gasteiger partial charge in [-0.25, -0.2) is 0 Å². The number of amides is 1. The summed E-state index contributed by atoms with van der Waals surface area (Å²) in [7, 11) is 1.65. The van der Waals surface area contributed by atoms with Crippen LogP contribution in [0.4, 0.5) is 5.82 Å². The second-order valence-electron chi connectivity index (χ2n) is 4.74. The smallest absolute Gasteiger partial charge is 0.235 e. The number of methoxy groups -OCH3 is 1. The zero-order valence-corrected chi connectivity index (χ0v) is 14.0. The van der Waals surface area contributed by atoms with Crippen molar-refractivity contribution in [3.8, 4) is 5.75 Å². The molecule has 2 heterocycles. The highest BCUT2D eigenvalue weighted by Gasteiger charge is 2.30. The highest BCUT2D eigenvalue weighted by atomic mass is 79.9. The normalized spacial score (nSPS) is 17.9. The van der Waals surface area contributed by atoms with Gasteiger partial charge in [0.05, 0.1) is 18.1 Å². The fourth-order valence-corrected chi connectivity index (χ4v) is 4.01. The molecule has 1 amide bonds. The van der Waals surface area contributed by atoms with E-state index in [4.69, 9.17) is 4.74 Å². The Morgan fingerprint density at radius 3 is 3.05 bits per heavy atom. The summed E-state index contributed by atoms with van der Waals surface area (Å²) in [6.45, 7) is 1.96. The Kier molecular flexibility index (Phi) is 3.95. The Morgan fingerprint density at radius 2 is 2.29 bits per heavy atom. The van der Waals surface area contributed by atoms with Crippen molar-refractivity contribution in [2.45, 2.75) is 12.2 Å². The first-order valence-corrected chi connectivity index (χ1v) is 8.24. The molecule has 0 radical (unpaired) electrons. The fraction of sp³-hybridized carbons (Fsp3) is 0.286. The third-order valence-electron chi connectivity index (χ3n) is 3.37. The predicted octanol–water partition coefficient (Wildman–Crippen LogP) is 3.26. The Balaban J connectivity index is 2.16. The van der Waals surface area contributed by atoms with Crippen molar-refractivity contribution in [1.29, 1.82) is 0 Å². The Morgan fingerprint density at radius 1 is 1.48 bits per heavy atom. The summed E-state index contributed by atoms with van der Waals surface area (Å²) in [5.41, 5.74) is 2.98. The van der Waals surface area contributed by atoms with Gasteiger partial charge in [0.15, 0.2) is 5.82 Å². The van der Waals surface area contributed by atoms with Crippen molar-refractivity contribution in [2.24, 2.45) is 0 Å². The molecule has 2 N–H and O–H groups in total. The monoisotopic (exact) mass is 367 g/mol. The van der Waals surface area contributed by atoms with Gasteiger partial charge in [0, 0.05) is 21.3 Å². The molecule has 0 bridgehead atoms. The highest BCUT2D eigenvalue weighted by molar-refractivity contribution is 9.10. The van der Waals surface area contributed by atoms with E-state index >= 15 is 0 Å². The lowest BCUT2D eigenvalue weighted by Gasteiger charge is -2.18. The minimum absolute atomic E-state index is 0.00912. The average molecular weight is 368 g/mol. The topological polar surface area (TPSA) is 67.0 Å². The van der Waals surface area contributed by atoms with Gasteiger partial charge in [-0.2, -0.15) is 5.10 Å². The number of halogens is 1. The number of benzene rings is 1. The van der Waals surface area contributed by atoms with Crippen molar-refractivity contribution < 1.29 is 9.53 Å². The second-order valence-corrected chi connectivity index (χ2v) is 6.75. The maximum absolute atomic E-state index is 11.8. The minimum Gasteiger partial charge on any atom is -0.496 e. The number of carbonyl (C=O) groups is 1. The third kappa shape index (κ3) is 2.67. The molecule has 21 heavy (non-hydrogen) atoms. The SMILES string of the molecule is COc1ccc(Br)cc1[C@@H]1SCC(=O)Nc2n[nH]c(C)c21. The van der Waals surface area contributed by atoms with Crippen molar-refractivity contribution in [3.05, 3.63) is 39.5 Å². The van der Waals surface area contributed by atoms with E-state index < -0.39 is 0 Å². The van der Waals surface area contributed by atoms with Gasteiger partial charge < -0.3 is 10.1 Å². The van der Waals surface area contributed by atoms with Crippen molar-refractivity contribution in [1.82, 2.24) is 10.2 Å². The van der Waals surface area contributed by atoms with Crippen LogP contribution in [-0.2, 0) is 4.79 Å². The van der Waals surface area contributed by atoms with E-state index in [1.165, 1.54) is 0 Å². The molecular weight excluding hydrogens is 354 g/mol. The zero-order valence-electron chi connectivity index (χ0n) is 11.6. The highest BCUT2D eigenvalue weighted by Crippen LogP contribution is 2.45. The van der Waals surface area contributed by atoms with Crippen molar-refractivity contribution in [2.75, 3.05) is 18.2 Å². The molecule has 0 unspecified atom stereocenters. The number of fused-ring (bicyclic) bond motifs is 1. The summed E-state index contributed by atoms with van der Waals surface area (Å²) in [6.07, 6.45) is 0. The molecule has 0 saturated heterocycles. The molecule has 7 heteroatoms. The molecule has 3 rings (SSSR count). The standard InChI is InChI=1S/C14H14BrN3O2S/c1-7-12-13(9-5-8(15)3-4-10(9)20-2)21-6-11(19)16-14(12)18-17-7/h3-5,13H,6H2,1-2H3,(H2,16,17,18,19)/t13-/m0/s1. The molecular formula is C14H14BrN3O2S. The van der Waals surface area contributed by atoms with Crippen LogP contribution in [0.1, 0.15) is 22.1 Å². The molecule has 1 aliphatic heterocycles. The Bertz CT molecular complexity index is 702. The van der Waals surface area contributed by atoms with Crippen molar-refractivity contribution >= 4 is 39.4 Å². The molecule has 5 nitrogen and oxygen atoms in total. The number of aryl methyl sites for hydroxylation is 1. The van der Waals surface area contributed by atoms with Crippen LogP contribution in [0.3, 0.4) is 0 Å². The van der Waals surface area contributed by atoms with Gasteiger partial charge >= 0.3 is 0 Å². The first-order valence-electron chi connectivity index (χ1n) is 6.40. The number of nitrogens with zero attached hydrogens (tertiary/aromatic N) is 1. The molecule has 0 aliphatic carbocycles. The molecule has 1 atom stereocenters. The number of carbonyl (C=O) groups excluding carboxylic acids is 1. The molecule has 1 aliphatic rings. The first kappa shape index (κ1) is 14.5. The summed E-state index contributed by atoms with van der Waals surface area (Å²) in [4.78, 5) is 11.8. The van der Waals surface area contributed by atoms with Crippen LogP contribution in [0.2, 0.25) is 0 Å². The summed E-state index contributed by atoms with van der Waals surface area (Å²) in [5.74, 6) is 1.76. The number of aromatic nitrogens is 2. The summed E-state index contributed by atoms with van der Waals surface area (Å²) in [6, 6.07) is 5.90. The fourth-order valence-electron chi connectivity index (χ4n) is 2.42. The maximum Gasteiger partial charge on any atom is 0.235 e. The second kappa shape index (κ2) is 5.73. The summed E-state index contributed by atoms with van der Waals surface area (Å²) in [5, 5.41) is 9.98. The zero-order chi connectivity index (χ0) is 15.0. The molecule has 0 fully saturated rings. The number of ether oxygens (including phenoxy) is 1. The lowest BCUT2D eigenvalue weighted by Crippen LogP contribution is -2.12. The van der Waals surface area contributed by atoms with Gasteiger partial charge in [-0.05, 0) is 25.1 Å². The molecule has 2 aromatic rings.